The SMILES string of the molecule is C=CCN(CC=C)C(=O)c1ccccc1OCCC. The van der Waals surface area contributed by atoms with E-state index in [2.05, 4.69) is 13.2 Å². The predicted molar refractivity (Wildman–Crippen MR) is 78.5 cm³/mol. The number of carbonyl (C=O) groups is 1. The fourth-order valence-corrected chi connectivity index (χ4v) is 1.70. The van der Waals surface area contributed by atoms with Crippen LogP contribution in [0.3, 0.4) is 0 Å². The molecule has 0 fully saturated rings. The number of rotatable bonds is 8. The van der Waals surface area contributed by atoms with E-state index < -0.39 is 0 Å². The topological polar surface area (TPSA) is 29.5 Å². The molecule has 102 valence electrons. The van der Waals surface area contributed by atoms with E-state index in [1.807, 2.05) is 25.1 Å². The first-order chi connectivity index (χ1) is 9.24. The third-order valence-corrected chi connectivity index (χ3v) is 2.57. The smallest absolute Gasteiger partial charge is 0.258 e. The third kappa shape index (κ3) is 4.28. The quantitative estimate of drug-likeness (QED) is 0.670. The highest BCUT2D eigenvalue weighted by Gasteiger charge is 2.17. The van der Waals surface area contributed by atoms with Crippen molar-refractivity contribution in [3.05, 3.63) is 55.1 Å². The maximum Gasteiger partial charge on any atom is 0.258 e. The number of para-hydroxylation sites is 1. The molecule has 3 heteroatoms. The van der Waals surface area contributed by atoms with Crippen LogP contribution in [0.5, 0.6) is 5.75 Å². The number of nitrogens with zero attached hydrogens (tertiary/aromatic N) is 1. The summed E-state index contributed by atoms with van der Waals surface area (Å²) in [6, 6.07) is 7.31. The fourth-order valence-electron chi connectivity index (χ4n) is 1.70. The first-order valence-electron chi connectivity index (χ1n) is 6.47. The van der Waals surface area contributed by atoms with Gasteiger partial charge in [-0.05, 0) is 18.6 Å². The van der Waals surface area contributed by atoms with Crippen LogP contribution in [0.25, 0.3) is 0 Å². The molecule has 1 rings (SSSR count). The van der Waals surface area contributed by atoms with Gasteiger partial charge in [0.05, 0.1) is 12.2 Å². The zero-order chi connectivity index (χ0) is 14.1. The molecule has 0 spiro atoms. The maximum atomic E-state index is 12.5. The lowest BCUT2D eigenvalue weighted by molar-refractivity contribution is 0.0786. The van der Waals surface area contributed by atoms with Crippen LogP contribution >= 0.6 is 0 Å². The predicted octanol–water partition coefficient (Wildman–Crippen LogP) is 3.29. The van der Waals surface area contributed by atoms with Crippen molar-refractivity contribution >= 4 is 5.91 Å². The van der Waals surface area contributed by atoms with Gasteiger partial charge in [0, 0.05) is 13.1 Å². The second-order valence-electron chi connectivity index (χ2n) is 4.13. The van der Waals surface area contributed by atoms with Crippen LogP contribution in [0.15, 0.2) is 49.6 Å². The van der Waals surface area contributed by atoms with Gasteiger partial charge in [-0.15, -0.1) is 13.2 Å². The van der Waals surface area contributed by atoms with Crippen molar-refractivity contribution in [2.24, 2.45) is 0 Å². The zero-order valence-corrected chi connectivity index (χ0v) is 11.5. The normalized spacial score (nSPS) is 9.74. The minimum Gasteiger partial charge on any atom is -0.493 e. The summed E-state index contributed by atoms with van der Waals surface area (Å²) in [6.07, 6.45) is 4.32. The first-order valence-corrected chi connectivity index (χ1v) is 6.47. The van der Waals surface area contributed by atoms with E-state index in [1.54, 1.807) is 23.1 Å². The molecule has 3 nitrogen and oxygen atoms in total. The molecule has 19 heavy (non-hydrogen) atoms. The lowest BCUT2D eigenvalue weighted by Crippen LogP contribution is -2.31. The molecule has 0 unspecified atom stereocenters. The van der Waals surface area contributed by atoms with E-state index >= 15 is 0 Å². The van der Waals surface area contributed by atoms with Crippen molar-refractivity contribution in [1.82, 2.24) is 4.90 Å². The van der Waals surface area contributed by atoms with Gasteiger partial charge in [-0.1, -0.05) is 31.2 Å². The number of benzene rings is 1. The van der Waals surface area contributed by atoms with E-state index in [-0.39, 0.29) is 5.91 Å². The lowest BCUT2D eigenvalue weighted by atomic mass is 10.1. The second-order valence-corrected chi connectivity index (χ2v) is 4.13. The summed E-state index contributed by atoms with van der Waals surface area (Å²) >= 11 is 0. The van der Waals surface area contributed by atoms with Crippen molar-refractivity contribution in [2.45, 2.75) is 13.3 Å². The van der Waals surface area contributed by atoms with Crippen LogP contribution in [-0.2, 0) is 0 Å². The van der Waals surface area contributed by atoms with Gasteiger partial charge >= 0.3 is 0 Å². The highest BCUT2D eigenvalue weighted by molar-refractivity contribution is 5.97. The van der Waals surface area contributed by atoms with Crippen molar-refractivity contribution in [2.75, 3.05) is 19.7 Å². The summed E-state index contributed by atoms with van der Waals surface area (Å²) in [7, 11) is 0. The van der Waals surface area contributed by atoms with Crippen LogP contribution in [0.2, 0.25) is 0 Å². The van der Waals surface area contributed by atoms with Crippen molar-refractivity contribution in [1.29, 1.82) is 0 Å². The Morgan fingerprint density at radius 2 is 1.89 bits per heavy atom. The molecule has 0 aromatic heterocycles. The van der Waals surface area contributed by atoms with Gasteiger partial charge in [-0.3, -0.25) is 4.79 Å². The number of carbonyl (C=O) groups excluding carboxylic acids is 1. The van der Waals surface area contributed by atoms with Gasteiger partial charge in [0.2, 0.25) is 0 Å². The Morgan fingerprint density at radius 3 is 2.47 bits per heavy atom. The highest BCUT2D eigenvalue weighted by atomic mass is 16.5. The standard InChI is InChI=1S/C16H21NO2/c1-4-11-17(12-5-2)16(18)14-9-7-8-10-15(14)19-13-6-3/h4-5,7-10H,1-2,6,11-13H2,3H3. The number of amides is 1. The molecule has 0 saturated heterocycles. The van der Waals surface area contributed by atoms with Gasteiger partial charge in [-0.2, -0.15) is 0 Å². The molecule has 1 amide bonds. The summed E-state index contributed by atoms with van der Waals surface area (Å²) in [5, 5.41) is 0. The van der Waals surface area contributed by atoms with Crippen LogP contribution in [-0.4, -0.2) is 30.5 Å². The largest absolute Gasteiger partial charge is 0.493 e. The number of ether oxygens (including phenoxy) is 1. The van der Waals surface area contributed by atoms with E-state index in [4.69, 9.17) is 4.74 Å². The van der Waals surface area contributed by atoms with Gasteiger partial charge in [-0.25, -0.2) is 0 Å². The Bertz CT molecular complexity index is 430. The highest BCUT2D eigenvalue weighted by Crippen LogP contribution is 2.20. The Labute approximate surface area is 115 Å². The lowest BCUT2D eigenvalue weighted by Gasteiger charge is -2.20. The molecular formula is C16H21NO2. The third-order valence-electron chi connectivity index (χ3n) is 2.57. The molecule has 0 bridgehead atoms. The van der Waals surface area contributed by atoms with E-state index in [9.17, 15) is 4.79 Å². The van der Waals surface area contributed by atoms with Crippen molar-refractivity contribution < 1.29 is 9.53 Å². The zero-order valence-electron chi connectivity index (χ0n) is 11.5. The van der Waals surface area contributed by atoms with E-state index in [1.165, 1.54) is 0 Å². The minimum atomic E-state index is -0.0634. The van der Waals surface area contributed by atoms with Crippen molar-refractivity contribution in [3.63, 3.8) is 0 Å². The first kappa shape index (κ1) is 15.0. The van der Waals surface area contributed by atoms with E-state index in [0.29, 0.717) is 31.0 Å². The monoisotopic (exact) mass is 259 g/mol. The van der Waals surface area contributed by atoms with Gasteiger partial charge in [0.25, 0.3) is 5.91 Å². The van der Waals surface area contributed by atoms with Crippen LogP contribution in [0.4, 0.5) is 0 Å². The average Bonchev–Trinajstić information content (AvgIpc) is 2.44. The Kier molecular flexibility index (Phi) is 6.44. The minimum absolute atomic E-state index is 0.0634. The average molecular weight is 259 g/mol. The maximum absolute atomic E-state index is 12.5. The second kappa shape index (κ2) is 8.14. The number of hydrogen-bond donors (Lipinski definition) is 0. The van der Waals surface area contributed by atoms with E-state index in [0.717, 1.165) is 6.42 Å². The summed E-state index contributed by atoms with van der Waals surface area (Å²) in [5.41, 5.74) is 0.583. The molecule has 1 aromatic rings. The molecule has 1 aromatic carbocycles. The molecule has 0 aliphatic carbocycles. The van der Waals surface area contributed by atoms with Crippen LogP contribution < -0.4 is 4.74 Å². The summed E-state index contributed by atoms with van der Waals surface area (Å²) in [6.45, 7) is 11.0. The van der Waals surface area contributed by atoms with Gasteiger partial charge < -0.3 is 9.64 Å². The molecule has 0 aliphatic rings. The molecular weight excluding hydrogens is 238 g/mol. The fraction of sp³-hybridized carbons (Fsp3) is 0.312. The molecule has 0 radical (unpaired) electrons. The van der Waals surface area contributed by atoms with Crippen LogP contribution in [0, 0.1) is 0 Å². The number of hydrogen-bond acceptors (Lipinski definition) is 2. The Morgan fingerprint density at radius 1 is 1.26 bits per heavy atom. The molecule has 0 heterocycles. The summed E-state index contributed by atoms with van der Waals surface area (Å²) < 4.78 is 5.61. The Balaban J connectivity index is 2.95. The molecule has 0 atom stereocenters. The molecule has 0 N–H and O–H groups in total. The molecule has 0 saturated carbocycles. The summed E-state index contributed by atoms with van der Waals surface area (Å²) in [4.78, 5) is 14.1. The van der Waals surface area contributed by atoms with Gasteiger partial charge in [0.1, 0.15) is 5.75 Å². The van der Waals surface area contributed by atoms with Gasteiger partial charge in [0.15, 0.2) is 0 Å². The summed E-state index contributed by atoms with van der Waals surface area (Å²) in [5.74, 6) is 0.568. The molecule has 0 aliphatic heterocycles. The van der Waals surface area contributed by atoms with Crippen molar-refractivity contribution in [3.8, 4) is 5.75 Å². The van der Waals surface area contributed by atoms with Crippen LogP contribution in [0.1, 0.15) is 23.7 Å². The Hall–Kier alpha value is -2.03.